The normalized spacial score (nSPS) is 11.7. The topological polar surface area (TPSA) is 95.7 Å². The lowest BCUT2D eigenvalue weighted by atomic mass is 10.2. The zero-order valence-corrected chi connectivity index (χ0v) is 13.8. The number of benzene rings is 1. The zero-order chi connectivity index (χ0) is 16.2. The van der Waals surface area contributed by atoms with E-state index in [2.05, 4.69) is 0 Å². The van der Waals surface area contributed by atoms with Gasteiger partial charge in [-0.05, 0) is 26.0 Å². The van der Waals surface area contributed by atoms with E-state index in [1.807, 2.05) is 13.8 Å². The molecule has 0 atom stereocenters. The lowest BCUT2D eigenvalue weighted by molar-refractivity contribution is 0.0177. The molecule has 1 rings (SSSR count). The molecule has 0 aliphatic heterocycles. The first-order valence-electron chi connectivity index (χ1n) is 5.93. The molecule has 1 aromatic rings. The monoisotopic (exact) mass is 355 g/mol. The largest absolute Gasteiger partial charge is 0.460 e. The van der Waals surface area contributed by atoms with Crippen molar-refractivity contribution in [3.8, 4) is 0 Å². The average molecular weight is 356 g/mol. The fourth-order valence-electron chi connectivity index (χ4n) is 1.40. The molecule has 0 heterocycles. The minimum absolute atomic E-state index is 0.0109. The summed E-state index contributed by atoms with van der Waals surface area (Å²) in [6, 6.07) is 2.12. The van der Waals surface area contributed by atoms with Crippen LogP contribution in [0.15, 0.2) is 17.0 Å². The van der Waals surface area contributed by atoms with E-state index in [0.717, 1.165) is 12.1 Å². The number of halogens is 2. The van der Waals surface area contributed by atoms with E-state index in [9.17, 15) is 13.2 Å². The van der Waals surface area contributed by atoms with Crippen LogP contribution < -0.4 is 5.14 Å². The second kappa shape index (κ2) is 7.42. The molecule has 0 fully saturated rings. The lowest BCUT2D eigenvalue weighted by Gasteiger charge is -2.10. The van der Waals surface area contributed by atoms with Crippen molar-refractivity contribution in [3.05, 3.63) is 27.7 Å². The van der Waals surface area contributed by atoms with Gasteiger partial charge in [0, 0.05) is 0 Å². The number of rotatable bonds is 6. The molecular weight excluding hydrogens is 341 g/mol. The molecule has 0 aromatic heterocycles. The highest BCUT2D eigenvalue weighted by molar-refractivity contribution is 7.89. The van der Waals surface area contributed by atoms with E-state index in [1.165, 1.54) is 0 Å². The molecule has 0 aliphatic rings. The number of sulfonamides is 1. The van der Waals surface area contributed by atoms with Crippen LogP contribution in [0.4, 0.5) is 0 Å². The molecular formula is C12H15Cl2NO5S. The van der Waals surface area contributed by atoms with E-state index in [0.29, 0.717) is 0 Å². The van der Waals surface area contributed by atoms with E-state index in [-0.39, 0.29) is 39.8 Å². The van der Waals surface area contributed by atoms with Gasteiger partial charge in [0.05, 0.1) is 28.3 Å². The van der Waals surface area contributed by atoms with Gasteiger partial charge in [-0.25, -0.2) is 18.4 Å². The van der Waals surface area contributed by atoms with Crippen molar-refractivity contribution in [2.24, 2.45) is 5.14 Å². The number of carbonyl (C=O) groups is 1. The van der Waals surface area contributed by atoms with Crippen LogP contribution in [0.1, 0.15) is 24.2 Å². The Morgan fingerprint density at radius 3 is 2.38 bits per heavy atom. The Bertz CT molecular complexity index is 631. The molecule has 0 amide bonds. The van der Waals surface area contributed by atoms with Gasteiger partial charge in [-0.2, -0.15) is 0 Å². The molecule has 118 valence electrons. The Labute approximate surface area is 133 Å². The van der Waals surface area contributed by atoms with Gasteiger partial charge in [0.2, 0.25) is 10.0 Å². The summed E-state index contributed by atoms with van der Waals surface area (Å²) in [5.41, 5.74) is -0.130. The second-order valence-electron chi connectivity index (χ2n) is 4.36. The molecule has 0 radical (unpaired) electrons. The molecule has 9 heteroatoms. The van der Waals surface area contributed by atoms with Crippen LogP contribution in [-0.2, 0) is 19.5 Å². The van der Waals surface area contributed by atoms with Gasteiger partial charge in [-0.1, -0.05) is 23.2 Å². The van der Waals surface area contributed by atoms with Crippen LogP contribution >= 0.6 is 23.2 Å². The van der Waals surface area contributed by atoms with Crippen molar-refractivity contribution in [1.29, 1.82) is 0 Å². The van der Waals surface area contributed by atoms with Crippen molar-refractivity contribution in [1.82, 2.24) is 0 Å². The van der Waals surface area contributed by atoms with Gasteiger partial charge in [-0.15, -0.1) is 0 Å². The second-order valence-corrected chi connectivity index (χ2v) is 6.71. The number of carbonyl (C=O) groups excluding carboxylic acids is 1. The Morgan fingerprint density at radius 1 is 1.24 bits per heavy atom. The molecule has 0 saturated carbocycles. The van der Waals surface area contributed by atoms with E-state index in [1.54, 1.807) is 0 Å². The third-order valence-corrected chi connectivity index (χ3v) is 4.00. The van der Waals surface area contributed by atoms with E-state index in [4.69, 9.17) is 37.8 Å². The third-order valence-electron chi connectivity index (χ3n) is 2.32. The summed E-state index contributed by atoms with van der Waals surface area (Å²) in [7, 11) is -4.07. The molecule has 0 spiro atoms. The highest BCUT2D eigenvalue weighted by atomic mass is 35.5. The summed E-state index contributed by atoms with van der Waals surface area (Å²) in [5.74, 6) is -0.783. The maximum absolute atomic E-state index is 11.9. The predicted octanol–water partition coefficient (Wildman–Crippen LogP) is 2.22. The molecule has 2 N–H and O–H groups in total. The van der Waals surface area contributed by atoms with E-state index >= 15 is 0 Å². The Hall–Kier alpha value is -0.860. The molecule has 0 unspecified atom stereocenters. The van der Waals surface area contributed by atoms with Gasteiger partial charge in [0.15, 0.2) is 0 Å². The minimum atomic E-state index is -4.07. The van der Waals surface area contributed by atoms with E-state index < -0.39 is 16.0 Å². The molecule has 21 heavy (non-hydrogen) atoms. The Balaban J connectivity index is 2.90. The molecule has 0 saturated heterocycles. The number of ether oxygens (including phenoxy) is 2. The molecule has 6 nitrogen and oxygen atoms in total. The number of esters is 1. The summed E-state index contributed by atoms with van der Waals surface area (Å²) >= 11 is 11.6. The summed E-state index contributed by atoms with van der Waals surface area (Å²) in [6.07, 6.45) is 0.0109. The van der Waals surface area contributed by atoms with Crippen LogP contribution in [-0.4, -0.2) is 33.7 Å². The number of hydrogen-bond donors (Lipinski definition) is 1. The van der Waals surface area contributed by atoms with Crippen LogP contribution in [0.25, 0.3) is 0 Å². The number of hydrogen-bond acceptors (Lipinski definition) is 5. The van der Waals surface area contributed by atoms with Crippen molar-refractivity contribution in [3.63, 3.8) is 0 Å². The van der Waals surface area contributed by atoms with Crippen LogP contribution in [0.2, 0.25) is 10.0 Å². The number of nitrogens with two attached hydrogens (primary N) is 1. The standard InChI is InChI=1S/C12H15Cl2NO5S/c1-7(2)19-3-4-20-12(16)8-5-11(21(15,17)18)10(14)6-9(8)13/h5-7H,3-4H2,1-2H3,(H2,15,17,18). The smallest absolute Gasteiger partial charge is 0.339 e. The summed E-state index contributed by atoms with van der Waals surface area (Å²) in [4.78, 5) is 11.5. The van der Waals surface area contributed by atoms with Crippen LogP contribution in [0.5, 0.6) is 0 Å². The fourth-order valence-corrected chi connectivity index (χ4v) is 2.80. The van der Waals surface area contributed by atoms with Crippen LogP contribution in [0, 0.1) is 0 Å². The summed E-state index contributed by atoms with van der Waals surface area (Å²) < 4.78 is 32.9. The van der Waals surface area contributed by atoms with Crippen molar-refractivity contribution < 1.29 is 22.7 Å². The zero-order valence-electron chi connectivity index (χ0n) is 11.4. The highest BCUT2D eigenvalue weighted by Crippen LogP contribution is 2.28. The van der Waals surface area contributed by atoms with Crippen molar-refractivity contribution in [2.45, 2.75) is 24.8 Å². The quantitative estimate of drug-likeness (QED) is 0.623. The lowest BCUT2D eigenvalue weighted by Crippen LogP contribution is -2.16. The first-order valence-corrected chi connectivity index (χ1v) is 8.23. The van der Waals surface area contributed by atoms with Crippen molar-refractivity contribution >= 4 is 39.2 Å². The SMILES string of the molecule is CC(C)OCCOC(=O)c1cc(S(N)(=O)=O)c(Cl)cc1Cl. The highest BCUT2D eigenvalue weighted by Gasteiger charge is 2.20. The first-order chi connectivity index (χ1) is 9.62. The molecule has 1 aromatic carbocycles. The summed E-state index contributed by atoms with van der Waals surface area (Å²) in [5, 5.41) is 4.81. The fraction of sp³-hybridized carbons (Fsp3) is 0.417. The van der Waals surface area contributed by atoms with Gasteiger partial charge in [-0.3, -0.25) is 0 Å². The van der Waals surface area contributed by atoms with Crippen LogP contribution in [0.3, 0.4) is 0 Å². The third kappa shape index (κ3) is 5.44. The number of primary sulfonamides is 1. The maximum atomic E-state index is 11.9. The average Bonchev–Trinajstić information content (AvgIpc) is 2.32. The summed E-state index contributed by atoms with van der Waals surface area (Å²) in [6.45, 7) is 3.92. The first kappa shape index (κ1) is 18.2. The maximum Gasteiger partial charge on any atom is 0.339 e. The molecule has 0 bridgehead atoms. The van der Waals surface area contributed by atoms with Gasteiger partial charge < -0.3 is 9.47 Å². The Kier molecular flexibility index (Phi) is 6.42. The van der Waals surface area contributed by atoms with Gasteiger partial charge >= 0.3 is 5.97 Å². The molecule has 0 aliphatic carbocycles. The van der Waals surface area contributed by atoms with Gasteiger partial charge in [0.1, 0.15) is 11.5 Å². The van der Waals surface area contributed by atoms with Crippen molar-refractivity contribution in [2.75, 3.05) is 13.2 Å². The Morgan fingerprint density at radius 2 is 1.86 bits per heavy atom. The predicted molar refractivity (Wildman–Crippen MR) is 79.2 cm³/mol. The van der Waals surface area contributed by atoms with Gasteiger partial charge in [0.25, 0.3) is 0 Å². The minimum Gasteiger partial charge on any atom is -0.460 e.